The zero-order chi connectivity index (χ0) is 17.2. The summed E-state index contributed by atoms with van der Waals surface area (Å²) in [6.45, 7) is 17.6. The molecule has 0 saturated carbocycles. The third-order valence-electron chi connectivity index (χ3n) is 4.58. The first-order valence-electron chi connectivity index (χ1n) is 9.39. The number of nitrogens with zero attached hydrogens (tertiary/aromatic N) is 3. The Morgan fingerprint density at radius 1 is 1.04 bits per heavy atom. The number of piperazine rings is 1. The van der Waals surface area contributed by atoms with Crippen LogP contribution in [0, 0.1) is 5.92 Å². The van der Waals surface area contributed by atoms with Gasteiger partial charge < -0.3 is 15.5 Å². The number of nitrogens with one attached hydrogen (secondary N) is 2. The number of halogens is 1. The van der Waals surface area contributed by atoms with E-state index in [4.69, 9.17) is 4.99 Å². The number of likely N-dealkylation sites (N-methyl/N-ethyl adjacent to an activating group) is 1. The van der Waals surface area contributed by atoms with E-state index >= 15 is 0 Å². The van der Waals surface area contributed by atoms with Crippen LogP contribution in [-0.4, -0.2) is 74.2 Å². The van der Waals surface area contributed by atoms with Crippen molar-refractivity contribution in [2.24, 2.45) is 10.9 Å². The first-order valence-corrected chi connectivity index (χ1v) is 9.39. The van der Waals surface area contributed by atoms with Crippen molar-refractivity contribution < 1.29 is 0 Å². The van der Waals surface area contributed by atoms with E-state index in [1.807, 2.05) is 0 Å². The number of aliphatic imine (C=N–C) groups is 1. The summed E-state index contributed by atoms with van der Waals surface area (Å²) < 4.78 is 0. The monoisotopic (exact) mass is 453 g/mol. The molecule has 6 heteroatoms. The lowest BCUT2D eigenvalue weighted by molar-refractivity contribution is 0.122. The lowest BCUT2D eigenvalue weighted by Crippen LogP contribution is -2.49. The highest BCUT2D eigenvalue weighted by Crippen LogP contribution is 2.07. The molecular formula is C18H40IN5. The maximum atomic E-state index is 4.81. The Bertz CT molecular complexity index is 340. The van der Waals surface area contributed by atoms with Crippen molar-refractivity contribution in [3.8, 4) is 0 Å². The lowest BCUT2D eigenvalue weighted by atomic mass is 10.0. The number of hydrogen-bond donors (Lipinski definition) is 2. The van der Waals surface area contributed by atoms with Crippen LogP contribution < -0.4 is 10.6 Å². The van der Waals surface area contributed by atoms with Crippen LogP contribution in [-0.2, 0) is 0 Å². The van der Waals surface area contributed by atoms with Crippen molar-refractivity contribution in [3.05, 3.63) is 0 Å². The van der Waals surface area contributed by atoms with E-state index in [1.165, 1.54) is 25.9 Å². The molecule has 2 unspecified atom stereocenters. The van der Waals surface area contributed by atoms with Crippen LogP contribution in [0.1, 0.15) is 47.5 Å². The van der Waals surface area contributed by atoms with E-state index < -0.39 is 0 Å². The molecule has 1 fully saturated rings. The topological polar surface area (TPSA) is 42.9 Å². The Balaban J connectivity index is 0.00000529. The molecule has 1 aliphatic heterocycles. The van der Waals surface area contributed by atoms with Crippen molar-refractivity contribution in [2.75, 3.05) is 46.3 Å². The predicted octanol–water partition coefficient (Wildman–Crippen LogP) is 2.62. The molecule has 2 N–H and O–H groups in total. The fourth-order valence-corrected chi connectivity index (χ4v) is 2.81. The summed E-state index contributed by atoms with van der Waals surface area (Å²) in [7, 11) is 2.20. The van der Waals surface area contributed by atoms with Gasteiger partial charge in [0.05, 0.1) is 6.54 Å². The lowest BCUT2D eigenvalue weighted by Gasteiger charge is -2.36. The molecule has 24 heavy (non-hydrogen) atoms. The van der Waals surface area contributed by atoms with Gasteiger partial charge in [-0.05, 0) is 46.6 Å². The van der Waals surface area contributed by atoms with Crippen molar-refractivity contribution >= 4 is 29.9 Å². The van der Waals surface area contributed by atoms with Gasteiger partial charge in [0.1, 0.15) is 0 Å². The Hall–Kier alpha value is -0.0800. The van der Waals surface area contributed by atoms with E-state index in [0.717, 1.165) is 38.1 Å². The largest absolute Gasteiger partial charge is 0.357 e. The standard InChI is InChI=1S/C18H39N5.HI/c1-7-19-18(21-16(4)9-8-15(2)3)20-14-17(5)23-12-10-22(6)11-13-23;/h15-17H,7-14H2,1-6H3,(H2,19,20,21);1H. The fraction of sp³-hybridized carbons (Fsp3) is 0.944. The van der Waals surface area contributed by atoms with Crippen LogP contribution in [0.5, 0.6) is 0 Å². The van der Waals surface area contributed by atoms with Crippen LogP contribution in [0.2, 0.25) is 0 Å². The first-order chi connectivity index (χ1) is 10.9. The van der Waals surface area contributed by atoms with Gasteiger partial charge in [-0.1, -0.05) is 13.8 Å². The van der Waals surface area contributed by atoms with Crippen LogP contribution in [0.4, 0.5) is 0 Å². The average Bonchev–Trinajstić information content (AvgIpc) is 2.51. The van der Waals surface area contributed by atoms with E-state index in [2.05, 4.69) is 62.1 Å². The second-order valence-corrected chi connectivity index (χ2v) is 7.42. The third-order valence-corrected chi connectivity index (χ3v) is 4.58. The van der Waals surface area contributed by atoms with Gasteiger partial charge in [-0.3, -0.25) is 9.89 Å². The molecule has 1 saturated heterocycles. The third kappa shape index (κ3) is 10.0. The summed E-state index contributed by atoms with van der Waals surface area (Å²) in [5, 5.41) is 6.93. The summed E-state index contributed by atoms with van der Waals surface area (Å²) in [5.74, 6) is 1.72. The van der Waals surface area contributed by atoms with E-state index in [0.29, 0.717) is 12.1 Å². The Kier molecular flexibility index (Phi) is 13.1. The minimum atomic E-state index is 0. The van der Waals surface area contributed by atoms with Crippen LogP contribution in [0.25, 0.3) is 0 Å². The van der Waals surface area contributed by atoms with Crippen LogP contribution >= 0.6 is 24.0 Å². The molecule has 0 aromatic rings. The second-order valence-electron chi connectivity index (χ2n) is 7.42. The Morgan fingerprint density at radius 3 is 2.21 bits per heavy atom. The maximum absolute atomic E-state index is 4.81. The predicted molar refractivity (Wildman–Crippen MR) is 117 cm³/mol. The minimum Gasteiger partial charge on any atom is -0.357 e. The fourth-order valence-electron chi connectivity index (χ4n) is 2.81. The van der Waals surface area contributed by atoms with Gasteiger partial charge in [-0.2, -0.15) is 0 Å². The SMILES string of the molecule is CCNC(=NCC(C)N1CCN(C)CC1)NC(C)CCC(C)C.I. The molecule has 0 aliphatic carbocycles. The molecule has 0 aromatic carbocycles. The van der Waals surface area contributed by atoms with E-state index in [1.54, 1.807) is 0 Å². The summed E-state index contributed by atoms with van der Waals surface area (Å²) >= 11 is 0. The quantitative estimate of drug-likeness (QED) is 0.337. The van der Waals surface area contributed by atoms with Gasteiger partial charge in [0.25, 0.3) is 0 Å². The van der Waals surface area contributed by atoms with Crippen molar-refractivity contribution in [1.29, 1.82) is 0 Å². The molecule has 0 bridgehead atoms. The highest BCUT2D eigenvalue weighted by molar-refractivity contribution is 14.0. The van der Waals surface area contributed by atoms with Gasteiger partial charge in [0, 0.05) is 44.8 Å². The van der Waals surface area contributed by atoms with Gasteiger partial charge in [0.2, 0.25) is 0 Å². The van der Waals surface area contributed by atoms with Gasteiger partial charge in [0.15, 0.2) is 5.96 Å². The minimum absolute atomic E-state index is 0. The number of guanidine groups is 1. The van der Waals surface area contributed by atoms with Crippen molar-refractivity contribution in [2.45, 2.75) is 59.5 Å². The maximum Gasteiger partial charge on any atom is 0.191 e. The number of rotatable bonds is 8. The van der Waals surface area contributed by atoms with Crippen molar-refractivity contribution in [3.63, 3.8) is 0 Å². The molecule has 0 amide bonds. The molecule has 1 aliphatic rings. The van der Waals surface area contributed by atoms with E-state index in [9.17, 15) is 0 Å². The molecule has 0 aromatic heterocycles. The van der Waals surface area contributed by atoms with Gasteiger partial charge in [-0.25, -0.2) is 0 Å². The van der Waals surface area contributed by atoms with Gasteiger partial charge >= 0.3 is 0 Å². The Labute approximate surface area is 167 Å². The van der Waals surface area contributed by atoms with Crippen LogP contribution in [0.3, 0.4) is 0 Å². The molecule has 5 nitrogen and oxygen atoms in total. The molecule has 0 spiro atoms. The highest BCUT2D eigenvalue weighted by Gasteiger charge is 2.18. The average molecular weight is 453 g/mol. The summed E-state index contributed by atoms with van der Waals surface area (Å²) in [4.78, 5) is 9.76. The smallest absolute Gasteiger partial charge is 0.191 e. The normalized spacial score (nSPS) is 19.7. The molecule has 1 heterocycles. The van der Waals surface area contributed by atoms with Crippen LogP contribution in [0.15, 0.2) is 4.99 Å². The van der Waals surface area contributed by atoms with E-state index in [-0.39, 0.29) is 24.0 Å². The first kappa shape index (κ1) is 23.9. The molecular weight excluding hydrogens is 413 g/mol. The van der Waals surface area contributed by atoms with Gasteiger partial charge in [-0.15, -0.1) is 24.0 Å². The molecule has 2 atom stereocenters. The summed E-state index contributed by atoms with van der Waals surface area (Å²) in [5.41, 5.74) is 0. The summed E-state index contributed by atoms with van der Waals surface area (Å²) in [6, 6.07) is 0.972. The molecule has 1 rings (SSSR count). The second kappa shape index (κ2) is 13.2. The number of hydrogen-bond acceptors (Lipinski definition) is 3. The highest BCUT2D eigenvalue weighted by atomic mass is 127. The zero-order valence-corrected chi connectivity index (χ0v) is 19.0. The molecule has 0 radical (unpaired) electrons. The summed E-state index contributed by atoms with van der Waals surface area (Å²) in [6.07, 6.45) is 2.45. The zero-order valence-electron chi connectivity index (χ0n) is 16.6. The van der Waals surface area contributed by atoms with Crippen molar-refractivity contribution in [1.82, 2.24) is 20.4 Å². The molecule has 144 valence electrons. The Morgan fingerprint density at radius 2 is 1.67 bits per heavy atom.